The molecule has 0 aliphatic carbocycles. The Bertz CT molecular complexity index is 612. The Morgan fingerprint density at radius 1 is 1.35 bits per heavy atom. The van der Waals surface area contributed by atoms with Crippen LogP contribution in [-0.4, -0.2) is 42.0 Å². The minimum absolute atomic E-state index is 0.215. The molecular formula is C16H21BrN4O2. The molecule has 0 aliphatic heterocycles. The van der Waals surface area contributed by atoms with Crippen molar-refractivity contribution in [2.75, 3.05) is 14.1 Å². The topological polar surface area (TPSA) is 76.4 Å². The zero-order valence-electron chi connectivity index (χ0n) is 13.7. The maximum absolute atomic E-state index is 12.5. The number of halogens is 1. The summed E-state index contributed by atoms with van der Waals surface area (Å²) < 4.78 is 0.790. The van der Waals surface area contributed by atoms with Crippen LogP contribution in [0, 0.1) is 17.4 Å². The molecule has 1 rings (SSSR count). The molecular weight excluding hydrogens is 360 g/mol. The van der Waals surface area contributed by atoms with Gasteiger partial charge in [-0.25, -0.2) is 10.0 Å². The van der Waals surface area contributed by atoms with Crippen molar-refractivity contribution in [3.63, 3.8) is 0 Å². The monoisotopic (exact) mass is 380 g/mol. The summed E-state index contributed by atoms with van der Waals surface area (Å²) in [5.74, 6) is -0.433. The van der Waals surface area contributed by atoms with Crippen LogP contribution in [0.25, 0.3) is 0 Å². The summed E-state index contributed by atoms with van der Waals surface area (Å²) in [7, 11) is 2.99. The molecule has 0 bridgehead atoms. The number of carbonyl (C=O) groups excluding carboxylic acids is 2. The Labute approximate surface area is 145 Å². The Balaban J connectivity index is 2.92. The minimum Gasteiger partial charge on any atom is -0.340 e. The van der Waals surface area contributed by atoms with Crippen LogP contribution in [0.15, 0.2) is 28.7 Å². The van der Waals surface area contributed by atoms with Gasteiger partial charge in [0, 0.05) is 24.1 Å². The quantitative estimate of drug-likeness (QED) is 0.466. The van der Waals surface area contributed by atoms with E-state index in [4.69, 9.17) is 5.26 Å². The van der Waals surface area contributed by atoms with Gasteiger partial charge in [0.1, 0.15) is 6.04 Å². The van der Waals surface area contributed by atoms with Gasteiger partial charge >= 0.3 is 0 Å². The fraction of sp³-hybridized carbons (Fsp3) is 0.438. The number of rotatable bonds is 6. The molecule has 2 amide bonds. The zero-order chi connectivity index (χ0) is 17.6. The molecule has 1 aromatic rings. The molecule has 1 aromatic carbocycles. The number of nitrogens with one attached hydrogen (secondary N) is 1. The van der Waals surface area contributed by atoms with Crippen molar-refractivity contribution in [3.05, 3.63) is 34.3 Å². The molecule has 124 valence electrons. The lowest BCUT2D eigenvalue weighted by Crippen LogP contribution is -2.51. The van der Waals surface area contributed by atoms with Gasteiger partial charge < -0.3 is 5.32 Å². The molecule has 0 saturated carbocycles. The van der Waals surface area contributed by atoms with Gasteiger partial charge in [0.2, 0.25) is 0 Å². The number of carbonyl (C=O) groups is 2. The van der Waals surface area contributed by atoms with E-state index in [1.165, 1.54) is 19.1 Å². The molecule has 1 atom stereocenters. The van der Waals surface area contributed by atoms with E-state index in [-0.39, 0.29) is 17.7 Å². The SMILES string of the molecule is CC(C)CC(NC(=O)c1cccc(Br)c1)C(=O)N(C)N(C)C#N. The predicted octanol–water partition coefficient (Wildman–Crippen LogP) is 2.38. The normalized spacial score (nSPS) is 11.5. The van der Waals surface area contributed by atoms with Gasteiger partial charge in [0.15, 0.2) is 6.19 Å². The molecule has 7 heteroatoms. The highest BCUT2D eigenvalue weighted by molar-refractivity contribution is 9.10. The van der Waals surface area contributed by atoms with Crippen LogP contribution in [0.1, 0.15) is 30.6 Å². The van der Waals surface area contributed by atoms with Gasteiger partial charge in [-0.1, -0.05) is 35.8 Å². The summed E-state index contributed by atoms with van der Waals surface area (Å²) >= 11 is 3.32. The van der Waals surface area contributed by atoms with Crippen LogP contribution in [0.5, 0.6) is 0 Å². The number of amides is 2. The summed E-state index contributed by atoms with van der Waals surface area (Å²) in [5, 5.41) is 14.0. The van der Waals surface area contributed by atoms with E-state index in [2.05, 4.69) is 21.2 Å². The fourth-order valence-electron chi connectivity index (χ4n) is 2.00. The lowest BCUT2D eigenvalue weighted by Gasteiger charge is -2.28. The van der Waals surface area contributed by atoms with Crippen LogP contribution in [0.2, 0.25) is 0 Å². The summed E-state index contributed by atoms with van der Waals surface area (Å²) in [5.41, 5.74) is 0.470. The first-order valence-electron chi connectivity index (χ1n) is 7.23. The Morgan fingerprint density at radius 2 is 2.00 bits per heavy atom. The highest BCUT2D eigenvalue weighted by Crippen LogP contribution is 2.13. The molecule has 0 spiro atoms. The Morgan fingerprint density at radius 3 is 2.52 bits per heavy atom. The summed E-state index contributed by atoms with van der Waals surface area (Å²) in [6.07, 6.45) is 2.35. The van der Waals surface area contributed by atoms with Crippen molar-refractivity contribution < 1.29 is 9.59 Å². The molecule has 23 heavy (non-hydrogen) atoms. The van der Waals surface area contributed by atoms with Crippen LogP contribution in [0.3, 0.4) is 0 Å². The number of nitriles is 1. The maximum atomic E-state index is 12.5. The van der Waals surface area contributed by atoms with Crippen LogP contribution in [0.4, 0.5) is 0 Å². The average Bonchev–Trinajstić information content (AvgIpc) is 2.51. The van der Waals surface area contributed by atoms with Gasteiger partial charge in [0.05, 0.1) is 0 Å². The molecule has 0 radical (unpaired) electrons. The first-order chi connectivity index (χ1) is 10.8. The van der Waals surface area contributed by atoms with Crippen LogP contribution in [-0.2, 0) is 4.79 Å². The Hall–Kier alpha value is -2.07. The van der Waals surface area contributed by atoms with E-state index in [0.29, 0.717) is 12.0 Å². The number of hydrogen-bond acceptors (Lipinski definition) is 4. The van der Waals surface area contributed by atoms with Crippen molar-refractivity contribution >= 4 is 27.7 Å². The predicted molar refractivity (Wildman–Crippen MR) is 91.0 cm³/mol. The average molecular weight is 381 g/mol. The standard InChI is InChI=1S/C16H21BrN4O2/c1-11(2)8-14(16(23)21(4)20(3)10-18)19-15(22)12-6-5-7-13(17)9-12/h5-7,9,11,14H,8H2,1-4H3,(H,19,22). The first-order valence-corrected chi connectivity index (χ1v) is 8.03. The van der Waals surface area contributed by atoms with Gasteiger partial charge in [-0.15, -0.1) is 0 Å². The molecule has 6 nitrogen and oxygen atoms in total. The van der Waals surface area contributed by atoms with Crippen LogP contribution < -0.4 is 5.32 Å². The number of hydrogen-bond donors (Lipinski definition) is 1. The molecule has 0 aromatic heterocycles. The van der Waals surface area contributed by atoms with Gasteiger partial charge in [0.25, 0.3) is 11.8 Å². The number of nitrogens with zero attached hydrogens (tertiary/aromatic N) is 3. The lowest BCUT2D eigenvalue weighted by molar-refractivity contribution is -0.142. The second-order valence-corrected chi connectivity index (χ2v) is 6.57. The molecule has 0 heterocycles. The highest BCUT2D eigenvalue weighted by Gasteiger charge is 2.27. The van der Waals surface area contributed by atoms with Crippen molar-refractivity contribution in [2.24, 2.45) is 5.92 Å². The van der Waals surface area contributed by atoms with E-state index in [9.17, 15) is 9.59 Å². The Kier molecular flexibility index (Phi) is 7.04. The molecule has 0 fully saturated rings. The van der Waals surface area contributed by atoms with E-state index >= 15 is 0 Å². The van der Waals surface area contributed by atoms with E-state index in [1.807, 2.05) is 26.1 Å². The number of benzene rings is 1. The van der Waals surface area contributed by atoms with Crippen LogP contribution >= 0.6 is 15.9 Å². The highest BCUT2D eigenvalue weighted by atomic mass is 79.9. The van der Waals surface area contributed by atoms with E-state index in [0.717, 1.165) is 9.48 Å². The lowest BCUT2D eigenvalue weighted by atomic mass is 10.0. The smallest absolute Gasteiger partial charge is 0.263 e. The summed E-state index contributed by atoms with van der Waals surface area (Å²) in [6.45, 7) is 3.94. The van der Waals surface area contributed by atoms with Gasteiger partial charge in [-0.05, 0) is 30.5 Å². The third-order valence-corrected chi connectivity index (χ3v) is 3.80. The number of likely N-dealkylation sites (N-methyl/N-ethyl adjacent to an activating group) is 1. The molecule has 1 N–H and O–H groups in total. The van der Waals surface area contributed by atoms with Crippen molar-refractivity contribution in [2.45, 2.75) is 26.3 Å². The van der Waals surface area contributed by atoms with Crippen molar-refractivity contribution in [1.29, 1.82) is 5.26 Å². The third kappa shape index (κ3) is 5.57. The third-order valence-electron chi connectivity index (χ3n) is 3.31. The van der Waals surface area contributed by atoms with E-state index < -0.39 is 6.04 Å². The maximum Gasteiger partial charge on any atom is 0.263 e. The van der Waals surface area contributed by atoms with Gasteiger partial charge in [-0.3, -0.25) is 9.59 Å². The molecule has 0 aliphatic rings. The summed E-state index contributed by atoms with van der Waals surface area (Å²) in [4.78, 5) is 24.9. The second-order valence-electron chi connectivity index (χ2n) is 5.65. The van der Waals surface area contributed by atoms with Crippen molar-refractivity contribution in [3.8, 4) is 6.19 Å². The van der Waals surface area contributed by atoms with E-state index in [1.54, 1.807) is 18.2 Å². The largest absolute Gasteiger partial charge is 0.340 e. The fourth-order valence-corrected chi connectivity index (χ4v) is 2.40. The van der Waals surface area contributed by atoms with Gasteiger partial charge in [-0.2, -0.15) is 5.26 Å². The second kappa shape index (κ2) is 8.53. The first kappa shape index (κ1) is 19.0. The minimum atomic E-state index is -0.692. The number of hydrazine groups is 1. The molecule has 0 saturated heterocycles. The molecule has 1 unspecified atom stereocenters. The van der Waals surface area contributed by atoms with Crippen molar-refractivity contribution in [1.82, 2.24) is 15.3 Å². The summed E-state index contributed by atoms with van der Waals surface area (Å²) in [6, 6.07) is 6.26. The zero-order valence-corrected chi connectivity index (χ0v) is 15.3.